The number of aliphatic imine (C=N–C) groups is 1. The van der Waals surface area contributed by atoms with E-state index < -0.39 is 40.7 Å². The highest BCUT2D eigenvalue weighted by Gasteiger charge is 2.73. The van der Waals surface area contributed by atoms with Crippen LogP contribution in [0.4, 0.5) is 0 Å². The fourth-order valence-electron chi connectivity index (χ4n) is 16.8. The molecule has 1 saturated heterocycles. The Morgan fingerprint density at radius 1 is 0.905 bits per heavy atom. The number of allylic oxidation sites excluding steroid dienone is 2. The maximum atomic E-state index is 15.0. The van der Waals surface area contributed by atoms with Gasteiger partial charge in [-0.3, -0.25) is 9.79 Å². The fourth-order valence-corrected chi connectivity index (χ4v) is 19.5. The van der Waals surface area contributed by atoms with Gasteiger partial charge in [0.2, 0.25) is 0 Å². The molecule has 8 aliphatic rings. The van der Waals surface area contributed by atoms with Crippen LogP contribution in [-0.4, -0.2) is 83.7 Å². The highest BCUT2D eigenvalue weighted by Crippen LogP contribution is 2.73. The van der Waals surface area contributed by atoms with E-state index in [9.17, 15) is 25.2 Å². The molecule has 7 fully saturated rings. The average molecular weight is 906 g/mol. The Hall–Kier alpha value is -1.83. The van der Waals surface area contributed by atoms with Crippen molar-refractivity contribution in [3.8, 4) is 0 Å². The number of nitrogens with two attached hydrogens (primary N) is 2. The van der Waals surface area contributed by atoms with Crippen LogP contribution in [0.5, 0.6) is 0 Å². The van der Waals surface area contributed by atoms with Gasteiger partial charge in [-0.05, 0) is 147 Å². The molecule has 12 heteroatoms. The number of ketones is 1. The predicted octanol–water partition coefficient (Wildman–Crippen LogP) is 8.54. The van der Waals surface area contributed by atoms with Crippen LogP contribution in [0.25, 0.3) is 0 Å². The Morgan fingerprint density at radius 3 is 2.35 bits per heavy atom. The average Bonchev–Trinajstić information content (AvgIpc) is 4.00. The molecule has 0 amide bonds. The lowest BCUT2D eigenvalue weighted by molar-refractivity contribution is -0.188. The summed E-state index contributed by atoms with van der Waals surface area (Å²) in [6, 6.07) is 0.205. The normalized spacial score (nSPS) is 44.5. The minimum absolute atomic E-state index is 0.00608. The van der Waals surface area contributed by atoms with Gasteiger partial charge in [-0.15, -0.1) is 0 Å². The van der Waals surface area contributed by atoms with Gasteiger partial charge in [0.1, 0.15) is 0 Å². The molecule has 10 nitrogen and oxygen atoms in total. The molecule has 13 atom stereocenters. The molecule has 1 aliphatic heterocycles. The van der Waals surface area contributed by atoms with Crippen LogP contribution in [-0.2, 0) is 4.79 Å². The molecule has 1 aromatic rings. The molecule has 13 unspecified atom stereocenters. The molecule has 8 N–H and O–H groups in total. The first kappa shape index (κ1) is 46.3. The number of hydrogen-bond donors (Lipinski definition) is 6. The van der Waals surface area contributed by atoms with Crippen molar-refractivity contribution in [3.63, 3.8) is 0 Å². The Balaban J connectivity index is 1.17. The van der Waals surface area contributed by atoms with Crippen LogP contribution >= 0.6 is 21.6 Å². The number of carbonyl (C=O) groups excluding carboxylic acids is 1. The van der Waals surface area contributed by atoms with Crippen molar-refractivity contribution in [1.82, 2.24) is 9.55 Å². The number of aliphatic hydroxyl groups is 4. The zero-order valence-electron chi connectivity index (χ0n) is 38.7. The molecule has 1 spiro atoms. The van der Waals surface area contributed by atoms with E-state index >= 15 is 0 Å². The lowest BCUT2D eigenvalue weighted by Gasteiger charge is -2.66. The summed E-state index contributed by atoms with van der Waals surface area (Å²) in [6.07, 6.45) is 24.1. The summed E-state index contributed by atoms with van der Waals surface area (Å²) in [6.45, 7) is 9.74. The summed E-state index contributed by atoms with van der Waals surface area (Å²) in [5, 5.41) is 50.1. The quantitative estimate of drug-likeness (QED) is 0.0742. The minimum Gasteiger partial charge on any atom is -0.393 e. The van der Waals surface area contributed by atoms with Crippen LogP contribution < -0.4 is 11.5 Å². The second-order valence-corrected chi connectivity index (χ2v) is 25.8. The molecule has 63 heavy (non-hydrogen) atoms. The molecule has 6 saturated carbocycles. The van der Waals surface area contributed by atoms with E-state index in [2.05, 4.69) is 43.4 Å². The summed E-state index contributed by atoms with van der Waals surface area (Å²) < 4.78 is 2.29. The topological polar surface area (TPSA) is 180 Å². The van der Waals surface area contributed by atoms with E-state index in [4.69, 9.17) is 16.5 Å². The summed E-state index contributed by atoms with van der Waals surface area (Å²) in [5.74, 6) is 0.711. The van der Waals surface area contributed by atoms with Crippen molar-refractivity contribution < 1.29 is 25.2 Å². The van der Waals surface area contributed by atoms with Gasteiger partial charge in [-0.1, -0.05) is 92.5 Å². The third-order valence-electron chi connectivity index (χ3n) is 19.6. The number of aliphatic hydroxyl groups excluding tert-OH is 3. The van der Waals surface area contributed by atoms with Crippen LogP contribution in [0.15, 0.2) is 46.5 Å². The fraction of sp³-hybridized carbons (Fsp3) is 0.824. The van der Waals surface area contributed by atoms with E-state index in [1.165, 1.54) is 44.1 Å². The number of imidazole rings is 1. The molecular weight excluding hydrogens is 827 g/mol. The van der Waals surface area contributed by atoms with Gasteiger partial charge in [0, 0.05) is 53.7 Å². The molecule has 350 valence electrons. The number of hydrogen-bond acceptors (Lipinski definition) is 9. The highest BCUT2D eigenvalue weighted by molar-refractivity contribution is 8.76. The molecule has 2 heterocycles. The SMILES string of the molecule is CC1C(O)CC(=C2CCCC3(CCCC3)C2)C(C)(C)CC(n2ccnc2)CSSCC2CC1C1(C)CC(CN=C(N)N)C3C(=CC(=O)C4CC(O)C(O)CC43C3CCCCC3)C21O. The predicted molar refractivity (Wildman–Crippen MR) is 255 cm³/mol. The van der Waals surface area contributed by atoms with Crippen molar-refractivity contribution in [1.29, 1.82) is 0 Å². The molecule has 0 aromatic carbocycles. The van der Waals surface area contributed by atoms with Crippen molar-refractivity contribution in [2.24, 2.45) is 79.5 Å². The molecule has 1 aromatic heterocycles. The van der Waals surface area contributed by atoms with Crippen molar-refractivity contribution in [2.75, 3.05) is 18.1 Å². The third kappa shape index (κ3) is 7.94. The molecule has 7 aliphatic carbocycles. The molecule has 9 rings (SSSR count). The zero-order valence-corrected chi connectivity index (χ0v) is 40.4. The van der Waals surface area contributed by atoms with Crippen LogP contribution in [0.2, 0.25) is 0 Å². The maximum absolute atomic E-state index is 15.0. The smallest absolute Gasteiger partial charge is 0.185 e. The number of rotatable bonds is 4. The first-order valence-electron chi connectivity index (χ1n) is 25.0. The maximum Gasteiger partial charge on any atom is 0.185 e. The molecule has 0 radical (unpaired) electrons. The van der Waals surface area contributed by atoms with Gasteiger partial charge in [-0.25, -0.2) is 4.98 Å². The summed E-state index contributed by atoms with van der Waals surface area (Å²) in [7, 11) is 3.75. The Kier molecular flexibility index (Phi) is 13.0. The third-order valence-corrected chi connectivity index (χ3v) is 22.2. The van der Waals surface area contributed by atoms with Crippen molar-refractivity contribution in [3.05, 3.63) is 41.5 Å². The van der Waals surface area contributed by atoms with Crippen LogP contribution in [0.3, 0.4) is 0 Å². The van der Waals surface area contributed by atoms with E-state index in [1.807, 2.05) is 40.2 Å². The summed E-state index contributed by atoms with van der Waals surface area (Å²) in [4.78, 5) is 24.2. The first-order chi connectivity index (χ1) is 30.0. The number of nitrogens with zero attached hydrogens (tertiary/aromatic N) is 3. The van der Waals surface area contributed by atoms with Gasteiger partial charge >= 0.3 is 0 Å². The van der Waals surface area contributed by atoms with E-state index in [1.54, 1.807) is 5.57 Å². The summed E-state index contributed by atoms with van der Waals surface area (Å²) in [5.41, 5.74) is 13.7. The van der Waals surface area contributed by atoms with Crippen LogP contribution in [0.1, 0.15) is 156 Å². The number of aromatic nitrogens is 2. The standard InChI is InChI=1S/C51H79N5O5S2/c1-31-37-19-35(28-62-63-29-36(56-18-17-54-30-56)25-47(2,3)38(20-41(31)57)32-11-10-16-49(24-32)14-8-9-15-49)51(61)40-22-42(58)39-21-43(59)44(60)26-50(39,34-12-6-5-7-13-34)45(40)33(23-48(37,51)4)27-55-46(52)53/h17-18,22,30-31,33-37,39,41,43-45,57,59-61H,5-16,19-21,23-29H2,1-4H3,(H4,52,53,55). The lowest BCUT2D eigenvalue weighted by atomic mass is 9.39. The van der Waals surface area contributed by atoms with Gasteiger partial charge in [0.05, 0.1) is 30.2 Å². The second-order valence-electron chi connectivity index (χ2n) is 23.3. The minimum atomic E-state index is -1.33. The van der Waals surface area contributed by atoms with Crippen molar-refractivity contribution >= 4 is 33.3 Å². The van der Waals surface area contributed by atoms with Gasteiger partial charge in [0.25, 0.3) is 0 Å². The largest absolute Gasteiger partial charge is 0.393 e. The van der Waals surface area contributed by atoms with Gasteiger partial charge < -0.3 is 36.5 Å². The number of carbonyl (C=O) groups is 1. The first-order valence-corrected chi connectivity index (χ1v) is 27.5. The Labute approximate surface area is 385 Å². The molecular formula is C51H79N5O5S2. The van der Waals surface area contributed by atoms with E-state index in [0.717, 1.165) is 69.1 Å². The van der Waals surface area contributed by atoms with Crippen molar-refractivity contribution in [2.45, 2.75) is 180 Å². The molecule has 2 bridgehead atoms. The van der Waals surface area contributed by atoms with E-state index in [-0.39, 0.29) is 65.1 Å². The number of guanidine groups is 1. The lowest BCUT2D eigenvalue weighted by Crippen LogP contribution is -2.67. The summed E-state index contributed by atoms with van der Waals surface area (Å²) >= 11 is 0. The van der Waals surface area contributed by atoms with Gasteiger partial charge in [-0.2, -0.15) is 0 Å². The number of fused-ring (bicyclic) bond motifs is 9. The second kappa shape index (κ2) is 17.7. The van der Waals surface area contributed by atoms with Crippen LogP contribution in [0, 0.1) is 63.1 Å². The highest BCUT2D eigenvalue weighted by atomic mass is 33.1. The van der Waals surface area contributed by atoms with E-state index in [0.29, 0.717) is 37.0 Å². The van der Waals surface area contributed by atoms with Gasteiger partial charge in [0.15, 0.2) is 11.7 Å². The zero-order chi connectivity index (χ0) is 44.5. The Morgan fingerprint density at radius 2 is 1.63 bits per heavy atom. The Bertz CT molecular complexity index is 1920. The monoisotopic (exact) mass is 906 g/mol.